The summed E-state index contributed by atoms with van der Waals surface area (Å²) >= 11 is 0. The van der Waals surface area contributed by atoms with Gasteiger partial charge in [-0.2, -0.15) is 0 Å². The van der Waals surface area contributed by atoms with Crippen LogP contribution >= 0.6 is 0 Å². The van der Waals surface area contributed by atoms with Crippen molar-refractivity contribution in [2.24, 2.45) is 0 Å². The molecule has 164 valence electrons. The van der Waals surface area contributed by atoms with Gasteiger partial charge in [0.1, 0.15) is 0 Å². The molecular weight excluding hydrogens is 399 g/mol. The second-order valence-corrected chi connectivity index (χ2v) is 9.63. The first kappa shape index (κ1) is 31.7. The zero-order valence-corrected chi connectivity index (χ0v) is 22.7. The molecule has 4 nitrogen and oxygen atoms in total. The van der Waals surface area contributed by atoms with Gasteiger partial charge in [0, 0.05) is 0 Å². The van der Waals surface area contributed by atoms with Crippen molar-refractivity contribution in [2.45, 2.75) is 135 Å². The average molecular weight is 445 g/mol. The minimum absolute atomic E-state index is 0. The van der Waals surface area contributed by atoms with Crippen molar-refractivity contribution >= 4 is 10.1 Å². The molecule has 0 aliphatic rings. The minimum Gasteiger partial charge on any atom is -0.748 e. The van der Waals surface area contributed by atoms with Gasteiger partial charge in [0.2, 0.25) is 0 Å². The molecule has 0 spiro atoms. The maximum Gasteiger partial charge on any atom is 1.00 e. The van der Waals surface area contributed by atoms with Gasteiger partial charge in [-0.3, -0.25) is 0 Å². The van der Waals surface area contributed by atoms with Gasteiger partial charge in [-0.15, -0.1) is 0 Å². The molecule has 0 heterocycles. The monoisotopic (exact) mass is 444 g/mol. The van der Waals surface area contributed by atoms with Crippen LogP contribution in [0, 0.1) is 0 Å². The Morgan fingerprint density at radius 2 is 0.929 bits per heavy atom. The molecule has 0 aromatic carbocycles. The van der Waals surface area contributed by atoms with E-state index in [0.29, 0.717) is 6.42 Å². The second kappa shape index (κ2) is 23.2. The van der Waals surface area contributed by atoms with Gasteiger partial charge in [0.15, 0.2) is 0 Å². The van der Waals surface area contributed by atoms with Gasteiger partial charge in [0.25, 0.3) is 0 Å². The molecule has 0 aromatic rings. The van der Waals surface area contributed by atoms with E-state index in [0.717, 1.165) is 19.3 Å². The van der Waals surface area contributed by atoms with Crippen LogP contribution in [0.25, 0.3) is 0 Å². The first-order valence-electron chi connectivity index (χ1n) is 11.6. The fourth-order valence-electron chi connectivity index (χ4n) is 3.60. The summed E-state index contributed by atoms with van der Waals surface area (Å²) in [6.45, 7) is 2.27. The van der Waals surface area contributed by atoms with Crippen molar-refractivity contribution in [3.63, 3.8) is 0 Å². The Kier molecular flexibility index (Phi) is 26.2. The third kappa shape index (κ3) is 27.5. The summed E-state index contributed by atoms with van der Waals surface area (Å²) in [6, 6.07) is 0. The van der Waals surface area contributed by atoms with Gasteiger partial charge in [-0.05, 0) is 6.42 Å². The summed E-state index contributed by atoms with van der Waals surface area (Å²) in [5.41, 5.74) is 0. The second-order valence-electron chi connectivity index (χ2n) is 8.18. The van der Waals surface area contributed by atoms with E-state index in [4.69, 9.17) is 0 Å². The third-order valence-electron chi connectivity index (χ3n) is 5.29. The molecule has 6 heteroatoms. The molecular formula is C22H45KO4S. The minimum atomic E-state index is -4.30. The molecule has 1 N–H and O–H groups in total. The van der Waals surface area contributed by atoms with E-state index in [9.17, 15) is 18.1 Å². The molecule has 0 fully saturated rings. The summed E-state index contributed by atoms with van der Waals surface area (Å²) in [5, 5.41) is 9.44. The van der Waals surface area contributed by atoms with E-state index in [2.05, 4.69) is 6.92 Å². The molecule has 0 bridgehead atoms. The molecule has 0 aromatic heterocycles. The predicted octanol–water partition coefficient (Wildman–Crippen LogP) is 3.33. The predicted molar refractivity (Wildman–Crippen MR) is 114 cm³/mol. The van der Waals surface area contributed by atoms with Gasteiger partial charge in [-0.25, -0.2) is 8.42 Å². The number of aliphatic hydroxyl groups is 1. The maximum atomic E-state index is 10.5. The molecule has 0 radical (unpaired) electrons. The van der Waals surface area contributed by atoms with Crippen molar-refractivity contribution < 1.29 is 69.5 Å². The molecule has 0 rings (SSSR count). The van der Waals surface area contributed by atoms with Crippen LogP contribution in [0.1, 0.15) is 129 Å². The van der Waals surface area contributed by atoms with Gasteiger partial charge >= 0.3 is 51.4 Å². The molecule has 28 heavy (non-hydrogen) atoms. The standard InChI is InChI=1S/C22H46O4S.K/c1-2-3-4-5-6-7-8-9-10-11-12-13-14-15-16-17-18-19-20-22(23)21-27(24,25)26;/h22-23H,2-21H2,1H3,(H,24,25,26);/q;+1/p-1. The Labute approximate surface area is 218 Å². The van der Waals surface area contributed by atoms with Crippen LogP contribution < -0.4 is 51.4 Å². The van der Waals surface area contributed by atoms with E-state index < -0.39 is 22.0 Å². The molecule has 0 amide bonds. The molecule has 0 aliphatic carbocycles. The van der Waals surface area contributed by atoms with Crippen molar-refractivity contribution in [1.29, 1.82) is 0 Å². The normalized spacial score (nSPS) is 12.7. The van der Waals surface area contributed by atoms with Gasteiger partial charge < -0.3 is 9.66 Å². The first-order chi connectivity index (χ1) is 13.0. The van der Waals surface area contributed by atoms with Crippen LogP contribution in [-0.2, 0) is 10.1 Å². The third-order valence-corrected chi connectivity index (χ3v) is 6.08. The number of aliphatic hydroxyl groups excluding tert-OH is 1. The first-order valence-corrected chi connectivity index (χ1v) is 13.1. The Bertz CT molecular complexity index is 401. The van der Waals surface area contributed by atoms with Crippen molar-refractivity contribution in [2.75, 3.05) is 5.75 Å². The number of hydrogen-bond acceptors (Lipinski definition) is 4. The summed E-state index contributed by atoms with van der Waals surface area (Å²) in [6.07, 6.45) is 22.9. The summed E-state index contributed by atoms with van der Waals surface area (Å²) < 4.78 is 31.6. The smallest absolute Gasteiger partial charge is 0.748 e. The largest absolute Gasteiger partial charge is 1.00 e. The number of hydrogen-bond donors (Lipinski definition) is 1. The molecule has 0 aliphatic heterocycles. The Balaban J connectivity index is 0. The van der Waals surface area contributed by atoms with E-state index in [1.54, 1.807) is 0 Å². The fraction of sp³-hybridized carbons (Fsp3) is 1.00. The summed E-state index contributed by atoms with van der Waals surface area (Å²) in [5.74, 6) is -0.647. The number of rotatable bonds is 21. The SMILES string of the molecule is CCCCCCCCCCCCCCCCCCCCC(O)CS(=O)(=O)[O-].[K+]. The molecule has 0 saturated carbocycles. The van der Waals surface area contributed by atoms with Crippen LogP contribution in [0.4, 0.5) is 0 Å². The zero-order valence-electron chi connectivity index (χ0n) is 18.8. The van der Waals surface area contributed by atoms with Crippen LogP contribution in [-0.4, -0.2) is 29.9 Å². The Hall–Kier alpha value is 1.51. The molecule has 1 unspecified atom stereocenters. The van der Waals surface area contributed by atoms with Gasteiger partial charge in [0.05, 0.1) is 22.0 Å². The Morgan fingerprint density at radius 1 is 0.643 bits per heavy atom. The zero-order chi connectivity index (χ0) is 20.2. The van der Waals surface area contributed by atoms with E-state index >= 15 is 0 Å². The molecule has 1 atom stereocenters. The van der Waals surface area contributed by atoms with Crippen LogP contribution in [0.3, 0.4) is 0 Å². The molecule has 0 saturated heterocycles. The summed E-state index contributed by atoms with van der Waals surface area (Å²) in [4.78, 5) is 0. The van der Waals surface area contributed by atoms with Crippen molar-refractivity contribution in [1.82, 2.24) is 0 Å². The average Bonchev–Trinajstić information content (AvgIpc) is 2.59. The maximum absolute atomic E-state index is 10.5. The Morgan fingerprint density at radius 3 is 1.21 bits per heavy atom. The van der Waals surface area contributed by atoms with Crippen molar-refractivity contribution in [3.8, 4) is 0 Å². The van der Waals surface area contributed by atoms with Crippen LogP contribution in [0.15, 0.2) is 0 Å². The summed E-state index contributed by atoms with van der Waals surface area (Å²) in [7, 11) is -4.30. The van der Waals surface area contributed by atoms with E-state index in [-0.39, 0.29) is 51.4 Å². The van der Waals surface area contributed by atoms with E-state index in [1.165, 1.54) is 96.3 Å². The quantitative estimate of drug-likeness (QED) is 0.167. The van der Waals surface area contributed by atoms with Gasteiger partial charge in [-0.1, -0.05) is 122 Å². The number of unbranched alkanes of at least 4 members (excludes halogenated alkanes) is 17. The van der Waals surface area contributed by atoms with E-state index in [1.807, 2.05) is 0 Å². The van der Waals surface area contributed by atoms with Crippen LogP contribution in [0.5, 0.6) is 0 Å². The van der Waals surface area contributed by atoms with Crippen molar-refractivity contribution in [3.05, 3.63) is 0 Å². The van der Waals surface area contributed by atoms with Crippen LogP contribution in [0.2, 0.25) is 0 Å². The topological polar surface area (TPSA) is 77.4 Å². The fourth-order valence-corrected chi connectivity index (χ4v) is 4.24.